The van der Waals surface area contributed by atoms with Gasteiger partial charge in [-0.3, -0.25) is 10.2 Å². The molecule has 0 atom stereocenters. The second-order valence-corrected chi connectivity index (χ2v) is 5.51. The summed E-state index contributed by atoms with van der Waals surface area (Å²) in [6, 6.07) is 5.60. The van der Waals surface area contributed by atoms with E-state index in [0.29, 0.717) is 23.7 Å². The lowest BCUT2D eigenvalue weighted by atomic mass is 9.98. The quantitative estimate of drug-likeness (QED) is 0.477. The summed E-state index contributed by atoms with van der Waals surface area (Å²) in [6.45, 7) is 4.71. The molecule has 2 rings (SSSR count). The van der Waals surface area contributed by atoms with Crippen molar-refractivity contribution < 1.29 is 4.79 Å². The maximum absolute atomic E-state index is 12.4. The van der Waals surface area contributed by atoms with Crippen LogP contribution in [0.2, 0.25) is 0 Å². The number of carbonyl (C=O) groups is 1. The number of nitrogens with zero attached hydrogens (tertiary/aromatic N) is 1. The summed E-state index contributed by atoms with van der Waals surface area (Å²) in [6.07, 6.45) is 4.61. The van der Waals surface area contributed by atoms with Crippen LogP contribution in [0.3, 0.4) is 0 Å². The minimum absolute atomic E-state index is 0.0882. The van der Waals surface area contributed by atoms with Crippen LogP contribution < -0.4 is 16.1 Å². The second kappa shape index (κ2) is 8.29. The van der Waals surface area contributed by atoms with Crippen molar-refractivity contribution in [1.29, 1.82) is 5.41 Å². The molecule has 0 unspecified atom stereocenters. The van der Waals surface area contributed by atoms with E-state index in [1.54, 1.807) is 0 Å². The van der Waals surface area contributed by atoms with Crippen LogP contribution in [0.15, 0.2) is 23.3 Å². The number of hydrogen-bond acceptors (Lipinski definition) is 5. The van der Waals surface area contributed by atoms with Crippen LogP contribution >= 0.6 is 0 Å². The first-order valence-corrected chi connectivity index (χ1v) is 7.58. The number of piperidine rings is 1. The minimum atomic E-state index is -0.0882. The van der Waals surface area contributed by atoms with E-state index in [9.17, 15) is 4.79 Å². The Morgan fingerprint density at radius 3 is 2.95 bits per heavy atom. The summed E-state index contributed by atoms with van der Waals surface area (Å²) in [7, 11) is 0. The number of nitrogens with one attached hydrogen (secondary N) is 4. The van der Waals surface area contributed by atoms with Gasteiger partial charge in [0.15, 0.2) is 0 Å². The van der Waals surface area contributed by atoms with E-state index in [1.165, 1.54) is 6.21 Å². The molecule has 1 aliphatic rings. The normalized spacial score (nSPS) is 15.7. The van der Waals surface area contributed by atoms with Gasteiger partial charge < -0.3 is 16.0 Å². The molecule has 0 saturated carbocycles. The molecule has 1 aromatic rings. The smallest absolute Gasteiger partial charge is 0.253 e. The van der Waals surface area contributed by atoms with Crippen LogP contribution in [0.5, 0.6) is 0 Å². The fraction of sp³-hybridized carbons (Fsp3) is 0.438. The molecule has 0 bridgehead atoms. The fourth-order valence-corrected chi connectivity index (χ4v) is 2.51. The van der Waals surface area contributed by atoms with Gasteiger partial charge in [-0.2, -0.15) is 5.10 Å². The van der Waals surface area contributed by atoms with Crippen molar-refractivity contribution in [3.63, 3.8) is 0 Å². The molecule has 1 heterocycles. The third kappa shape index (κ3) is 4.66. The van der Waals surface area contributed by atoms with Gasteiger partial charge in [0, 0.05) is 12.8 Å². The Bertz CT molecular complexity index is 549. The van der Waals surface area contributed by atoms with Gasteiger partial charge in [0.1, 0.15) is 0 Å². The molecular formula is C16H23N5O. The molecule has 6 nitrogen and oxygen atoms in total. The van der Waals surface area contributed by atoms with E-state index in [1.807, 2.05) is 25.1 Å². The molecule has 0 aliphatic carbocycles. The summed E-state index contributed by atoms with van der Waals surface area (Å²) in [5.74, 6) is 0.456. The maximum Gasteiger partial charge on any atom is 0.253 e. The zero-order valence-electron chi connectivity index (χ0n) is 12.9. The number of amides is 1. The number of hydrazone groups is 1. The average Bonchev–Trinajstić information content (AvgIpc) is 2.55. The first-order valence-electron chi connectivity index (χ1n) is 7.58. The summed E-state index contributed by atoms with van der Waals surface area (Å²) in [5, 5.41) is 17.1. The number of benzene rings is 1. The van der Waals surface area contributed by atoms with E-state index in [-0.39, 0.29) is 5.91 Å². The second-order valence-electron chi connectivity index (χ2n) is 5.51. The highest BCUT2D eigenvalue weighted by Gasteiger charge is 2.16. The Hall–Kier alpha value is -2.21. The molecule has 0 radical (unpaired) electrons. The van der Waals surface area contributed by atoms with Gasteiger partial charge in [0.2, 0.25) is 0 Å². The summed E-state index contributed by atoms with van der Waals surface area (Å²) in [4.78, 5) is 12.4. The van der Waals surface area contributed by atoms with E-state index in [4.69, 9.17) is 5.41 Å². The van der Waals surface area contributed by atoms with Gasteiger partial charge in [-0.25, -0.2) is 0 Å². The Morgan fingerprint density at radius 1 is 1.45 bits per heavy atom. The highest BCUT2D eigenvalue weighted by molar-refractivity contribution is 6.14. The summed E-state index contributed by atoms with van der Waals surface area (Å²) in [5.41, 5.74) is 5.05. The van der Waals surface area contributed by atoms with E-state index >= 15 is 0 Å². The predicted molar refractivity (Wildman–Crippen MR) is 90.0 cm³/mol. The molecule has 6 heteroatoms. The number of carbonyl (C=O) groups excluding carboxylic acids is 1. The van der Waals surface area contributed by atoms with E-state index in [2.05, 4.69) is 21.2 Å². The van der Waals surface area contributed by atoms with Gasteiger partial charge in [-0.1, -0.05) is 11.6 Å². The van der Waals surface area contributed by atoms with Gasteiger partial charge >= 0.3 is 0 Å². The Labute approximate surface area is 130 Å². The standard InChI is InChI=1S/C16H23N5O/c1-12-2-3-15(21-20-9-6-17)14(10-12)16(22)19-11-13-4-7-18-8-5-13/h2-3,6,9-10,13,17-18,21H,4-5,7-8,11H2,1H3,(H,19,22)/b17-6?,20-9-. The summed E-state index contributed by atoms with van der Waals surface area (Å²) >= 11 is 0. The molecule has 1 saturated heterocycles. The SMILES string of the molecule is Cc1ccc(N/N=C\C=N)c(C(=O)NCC2CCNCC2)c1. The van der Waals surface area contributed by atoms with Gasteiger partial charge in [-0.05, 0) is 50.9 Å². The zero-order chi connectivity index (χ0) is 15.8. The van der Waals surface area contributed by atoms with Crippen molar-refractivity contribution in [1.82, 2.24) is 10.6 Å². The Kier molecular flexibility index (Phi) is 6.09. The number of hydrogen-bond donors (Lipinski definition) is 4. The third-order valence-corrected chi connectivity index (χ3v) is 3.76. The molecule has 118 valence electrons. The maximum atomic E-state index is 12.4. The van der Waals surface area contributed by atoms with E-state index in [0.717, 1.165) is 37.7 Å². The van der Waals surface area contributed by atoms with Crippen LogP contribution in [-0.4, -0.2) is 38.0 Å². The Balaban J connectivity index is 2.01. The van der Waals surface area contributed by atoms with Crippen molar-refractivity contribution in [2.45, 2.75) is 19.8 Å². The van der Waals surface area contributed by atoms with Crippen LogP contribution in [0, 0.1) is 18.3 Å². The number of aryl methyl sites for hydroxylation is 1. The molecule has 1 amide bonds. The first kappa shape index (κ1) is 16.2. The molecule has 1 aromatic carbocycles. The lowest BCUT2D eigenvalue weighted by Crippen LogP contribution is -2.36. The van der Waals surface area contributed by atoms with Crippen LogP contribution in [0.4, 0.5) is 5.69 Å². The van der Waals surface area contributed by atoms with Crippen molar-refractivity contribution in [3.8, 4) is 0 Å². The number of rotatable bonds is 6. The topological polar surface area (TPSA) is 89.4 Å². The third-order valence-electron chi connectivity index (χ3n) is 3.76. The van der Waals surface area contributed by atoms with Gasteiger partial charge in [0.25, 0.3) is 5.91 Å². The van der Waals surface area contributed by atoms with Crippen molar-refractivity contribution in [3.05, 3.63) is 29.3 Å². The molecule has 22 heavy (non-hydrogen) atoms. The lowest BCUT2D eigenvalue weighted by molar-refractivity contribution is 0.0945. The molecular weight excluding hydrogens is 278 g/mol. The largest absolute Gasteiger partial charge is 0.352 e. The van der Waals surface area contributed by atoms with Gasteiger partial charge in [-0.15, -0.1) is 0 Å². The van der Waals surface area contributed by atoms with Crippen LogP contribution in [-0.2, 0) is 0 Å². The Morgan fingerprint density at radius 2 is 2.23 bits per heavy atom. The van der Waals surface area contributed by atoms with Crippen molar-refractivity contribution in [2.75, 3.05) is 25.1 Å². The minimum Gasteiger partial charge on any atom is -0.352 e. The lowest BCUT2D eigenvalue weighted by Gasteiger charge is -2.23. The molecule has 1 fully saturated rings. The molecule has 0 aromatic heterocycles. The molecule has 1 aliphatic heterocycles. The highest BCUT2D eigenvalue weighted by Crippen LogP contribution is 2.18. The van der Waals surface area contributed by atoms with Crippen LogP contribution in [0.25, 0.3) is 0 Å². The highest BCUT2D eigenvalue weighted by atomic mass is 16.1. The molecule has 4 N–H and O–H groups in total. The van der Waals surface area contributed by atoms with Crippen molar-refractivity contribution in [2.24, 2.45) is 11.0 Å². The fourth-order valence-electron chi connectivity index (χ4n) is 2.51. The number of anilines is 1. The van der Waals surface area contributed by atoms with Crippen molar-refractivity contribution >= 4 is 24.0 Å². The van der Waals surface area contributed by atoms with Gasteiger partial charge in [0.05, 0.1) is 17.5 Å². The molecule has 0 spiro atoms. The predicted octanol–water partition coefficient (Wildman–Crippen LogP) is 1.77. The first-order chi connectivity index (χ1) is 10.7. The zero-order valence-corrected chi connectivity index (χ0v) is 12.9. The van der Waals surface area contributed by atoms with Crippen LogP contribution in [0.1, 0.15) is 28.8 Å². The average molecular weight is 301 g/mol. The monoisotopic (exact) mass is 301 g/mol. The van der Waals surface area contributed by atoms with E-state index < -0.39 is 0 Å². The summed E-state index contributed by atoms with van der Waals surface area (Å²) < 4.78 is 0.